The minimum Gasteiger partial charge on any atom is -0.481 e. The average molecular weight is 246 g/mol. The van der Waals surface area contributed by atoms with Gasteiger partial charge in [-0.1, -0.05) is 22.0 Å². The molecule has 0 amide bonds. The standard InChI is InChI=1S/C8H8BrNO3/c9-5-1-2-6(10)4(8(5)13)3-7(11)12/h1-2,5H,3,10H2,(H,11,12). The number of Topliss-reactive ketones (excluding diaryl/α,β-unsaturated/α-hetero) is 1. The Kier molecular flexibility index (Phi) is 2.87. The van der Waals surface area contributed by atoms with Crippen molar-refractivity contribution in [3.05, 3.63) is 23.4 Å². The van der Waals surface area contributed by atoms with E-state index >= 15 is 0 Å². The van der Waals surface area contributed by atoms with Gasteiger partial charge in [0.25, 0.3) is 0 Å². The highest BCUT2D eigenvalue weighted by Gasteiger charge is 2.24. The predicted molar refractivity (Wildman–Crippen MR) is 50.3 cm³/mol. The molecule has 0 aromatic rings. The number of hydrogen-bond donors (Lipinski definition) is 2. The summed E-state index contributed by atoms with van der Waals surface area (Å²) in [6.45, 7) is 0. The lowest BCUT2D eigenvalue weighted by Gasteiger charge is -2.13. The molecule has 1 unspecified atom stereocenters. The molecule has 13 heavy (non-hydrogen) atoms. The number of carbonyl (C=O) groups excluding carboxylic acids is 1. The summed E-state index contributed by atoms with van der Waals surface area (Å²) in [5, 5.41) is 8.51. The molecule has 1 aliphatic rings. The molecule has 0 aliphatic heterocycles. The van der Waals surface area contributed by atoms with E-state index in [9.17, 15) is 9.59 Å². The second kappa shape index (κ2) is 3.74. The topological polar surface area (TPSA) is 80.4 Å². The molecule has 0 fully saturated rings. The summed E-state index contributed by atoms with van der Waals surface area (Å²) in [5.41, 5.74) is 5.87. The van der Waals surface area contributed by atoms with Gasteiger partial charge in [-0.3, -0.25) is 9.59 Å². The van der Waals surface area contributed by atoms with Crippen LogP contribution in [0.1, 0.15) is 6.42 Å². The second-order valence-electron chi connectivity index (χ2n) is 2.63. The van der Waals surface area contributed by atoms with Crippen LogP contribution in [0.25, 0.3) is 0 Å². The van der Waals surface area contributed by atoms with Crippen LogP contribution >= 0.6 is 15.9 Å². The average Bonchev–Trinajstić information content (AvgIpc) is 2.05. The van der Waals surface area contributed by atoms with Gasteiger partial charge in [0.2, 0.25) is 0 Å². The van der Waals surface area contributed by atoms with Crippen molar-refractivity contribution in [2.75, 3.05) is 0 Å². The van der Waals surface area contributed by atoms with E-state index in [0.717, 1.165) is 0 Å². The molecule has 0 aromatic heterocycles. The van der Waals surface area contributed by atoms with Crippen molar-refractivity contribution in [1.82, 2.24) is 0 Å². The number of rotatable bonds is 2. The minimum absolute atomic E-state index is 0.164. The maximum absolute atomic E-state index is 11.4. The van der Waals surface area contributed by atoms with Crippen LogP contribution in [0.2, 0.25) is 0 Å². The van der Waals surface area contributed by atoms with Crippen molar-refractivity contribution < 1.29 is 14.7 Å². The van der Waals surface area contributed by atoms with Gasteiger partial charge in [-0.15, -0.1) is 0 Å². The van der Waals surface area contributed by atoms with Gasteiger partial charge in [0, 0.05) is 11.3 Å². The van der Waals surface area contributed by atoms with Gasteiger partial charge >= 0.3 is 5.97 Å². The van der Waals surface area contributed by atoms with Crippen molar-refractivity contribution in [3.63, 3.8) is 0 Å². The summed E-state index contributed by atoms with van der Waals surface area (Å²) in [4.78, 5) is 21.3. The van der Waals surface area contributed by atoms with Crippen molar-refractivity contribution in [2.24, 2.45) is 5.73 Å². The summed E-state index contributed by atoms with van der Waals surface area (Å²) in [5.74, 6) is -1.33. The molecule has 0 bridgehead atoms. The van der Waals surface area contributed by atoms with Crippen LogP contribution in [0.15, 0.2) is 23.4 Å². The molecular weight excluding hydrogens is 238 g/mol. The van der Waals surface area contributed by atoms with Gasteiger partial charge < -0.3 is 10.8 Å². The highest BCUT2D eigenvalue weighted by atomic mass is 79.9. The molecule has 4 nitrogen and oxygen atoms in total. The van der Waals surface area contributed by atoms with Crippen molar-refractivity contribution in [2.45, 2.75) is 11.2 Å². The molecule has 5 heteroatoms. The zero-order valence-electron chi connectivity index (χ0n) is 6.66. The van der Waals surface area contributed by atoms with Gasteiger partial charge in [0.15, 0.2) is 5.78 Å². The van der Waals surface area contributed by atoms with E-state index in [1.54, 1.807) is 12.2 Å². The maximum Gasteiger partial charge on any atom is 0.308 e. The Labute approximate surface area is 83.2 Å². The zero-order valence-corrected chi connectivity index (χ0v) is 8.24. The van der Waals surface area contributed by atoms with E-state index in [0.29, 0.717) is 0 Å². The van der Waals surface area contributed by atoms with Crippen molar-refractivity contribution in [1.29, 1.82) is 0 Å². The fraction of sp³-hybridized carbons (Fsp3) is 0.250. The number of nitrogens with two attached hydrogens (primary N) is 1. The maximum atomic E-state index is 11.4. The lowest BCUT2D eigenvalue weighted by atomic mass is 9.98. The van der Waals surface area contributed by atoms with Gasteiger partial charge in [-0.25, -0.2) is 0 Å². The number of halogens is 1. The van der Waals surface area contributed by atoms with E-state index in [-0.39, 0.29) is 23.5 Å². The summed E-state index contributed by atoms with van der Waals surface area (Å²) in [6, 6.07) is 0. The molecule has 1 atom stereocenters. The number of carbonyl (C=O) groups is 2. The molecule has 0 heterocycles. The third-order valence-corrected chi connectivity index (χ3v) is 2.39. The molecule has 1 rings (SSSR count). The third kappa shape index (κ3) is 2.18. The summed E-state index contributed by atoms with van der Waals surface area (Å²) < 4.78 is 0. The number of hydrogen-bond acceptors (Lipinski definition) is 3. The van der Waals surface area contributed by atoms with E-state index < -0.39 is 10.8 Å². The highest BCUT2D eigenvalue weighted by molar-refractivity contribution is 9.10. The Bertz CT molecular complexity index is 319. The Balaban J connectivity index is 2.95. The van der Waals surface area contributed by atoms with Crippen molar-refractivity contribution in [3.8, 4) is 0 Å². The minimum atomic E-state index is -1.05. The van der Waals surface area contributed by atoms with Crippen LogP contribution in [0.4, 0.5) is 0 Å². The first-order chi connectivity index (χ1) is 6.02. The van der Waals surface area contributed by atoms with Gasteiger partial charge in [-0.05, 0) is 6.08 Å². The molecule has 0 aromatic carbocycles. The van der Waals surface area contributed by atoms with Crippen LogP contribution in [-0.4, -0.2) is 21.7 Å². The molecule has 70 valence electrons. The predicted octanol–water partition coefficient (Wildman–Crippen LogP) is 0.576. The van der Waals surface area contributed by atoms with Crippen LogP contribution in [-0.2, 0) is 9.59 Å². The lowest BCUT2D eigenvalue weighted by Crippen LogP contribution is -2.23. The number of aliphatic carboxylic acids is 1. The number of ketones is 1. The van der Waals surface area contributed by atoms with Gasteiger partial charge in [0.05, 0.1) is 11.2 Å². The molecule has 3 N–H and O–H groups in total. The van der Waals surface area contributed by atoms with Gasteiger partial charge in [-0.2, -0.15) is 0 Å². The van der Waals surface area contributed by atoms with Crippen LogP contribution in [0.5, 0.6) is 0 Å². The molecule has 0 saturated heterocycles. The first-order valence-corrected chi connectivity index (χ1v) is 4.51. The molecule has 1 aliphatic carbocycles. The first kappa shape index (κ1) is 9.98. The SMILES string of the molecule is NC1=C(CC(=O)O)C(=O)C(Br)C=C1. The Morgan fingerprint density at radius 2 is 2.31 bits per heavy atom. The molecule has 0 radical (unpaired) electrons. The lowest BCUT2D eigenvalue weighted by molar-refractivity contribution is -0.137. The van der Waals surface area contributed by atoms with Crippen molar-refractivity contribution >= 4 is 27.7 Å². The van der Waals surface area contributed by atoms with Crippen LogP contribution in [0, 0.1) is 0 Å². The Morgan fingerprint density at radius 1 is 1.69 bits per heavy atom. The van der Waals surface area contributed by atoms with E-state index in [4.69, 9.17) is 10.8 Å². The third-order valence-electron chi connectivity index (χ3n) is 1.67. The summed E-state index contributed by atoms with van der Waals surface area (Å²) in [6.07, 6.45) is 2.80. The van der Waals surface area contributed by atoms with Crippen LogP contribution < -0.4 is 5.73 Å². The summed E-state index contributed by atoms with van der Waals surface area (Å²) in [7, 11) is 0. The molecular formula is C8H8BrNO3. The molecule has 0 spiro atoms. The Hall–Kier alpha value is -1.10. The molecule has 0 saturated carbocycles. The monoisotopic (exact) mass is 245 g/mol. The normalized spacial score (nSPS) is 22.2. The number of carboxylic acids is 1. The number of alkyl halides is 1. The fourth-order valence-corrected chi connectivity index (χ4v) is 1.45. The number of carboxylic acid groups (broad SMARTS) is 1. The van der Waals surface area contributed by atoms with Gasteiger partial charge in [0.1, 0.15) is 0 Å². The van der Waals surface area contributed by atoms with E-state index in [1.165, 1.54) is 0 Å². The smallest absolute Gasteiger partial charge is 0.308 e. The van der Waals surface area contributed by atoms with Crippen LogP contribution in [0.3, 0.4) is 0 Å². The quantitative estimate of drug-likeness (QED) is 0.698. The largest absolute Gasteiger partial charge is 0.481 e. The first-order valence-electron chi connectivity index (χ1n) is 3.59. The summed E-state index contributed by atoms with van der Waals surface area (Å²) >= 11 is 3.09. The fourth-order valence-electron chi connectivity index (χ4n) is 1.03. The number of allylic oxidation sites excluding steroid dienone is 2. The van der Waals surface area contributed by atoms with E-state index in [1.807, 2.05) is 0 Å². The zero-order chi connectivity index (χ0) is 10.0. The highest BCUT2D eigenvalue weighted by Crippen LogP contribution is 2.20. The van der Waals surface area contributed by atoms with E-state index in [2.05, 4.69) is 15.9 Å². The second-order valence-corrected chi connectivity index (χ2v) is 3.62. The Morgan fingerprint density at radius 3 is 2.85 bits per heavy atom.